The molecule has 0 aliphatic rings. The molecule has 0 fully saturated rings. The van der Waals surface area contributed by atoms with Crippen molar-refractivity contribution in [2.45, 2.75) is 33.7 Å². The summed E-state index contributed by atoms with van der Waals surface area (Å²) in [6, 6.07) is 5.17. The zero-order valence-corrected chi connectivity index (χ0v) is 15.6. The van der Waals surface area contributed by atoms with Crippen LogP contribution < -0.4 is 5.32 Å². The van der Waals surface area contributed by atoms with Crippen LogP contribution in [0, 0.1) is 13.8 Å². The Hall–Kier alpha value is -1.62. The van der Waals surface area contributed by atoms with E-state index in [-0.39, 0.29) is 24.2 Å². The summed E-state index contributed by atoms with van der Waals surface area (Å²) in [5.41, 5.74) is 3.35. The lowest BCUT2D eigenvalue weighted by molar-refractivity contribution is 0.0982. The van der Waals surface area contributed by atoms with Crippen LogP contribution in [0.2, 0.25) is 10.0 Å². The van der Waals surface area contributed by atoms with Crippen LogP contribution in [0.4, 0.5) is 0 Å². The lowest BCUT2D eigenvalue weighted by atomic mass is 10.0. The van der Waals surface area contributed by atoms with Crippen molar-refractivity contribution >= 4 is 34.8 Å². The number of aromatic amines is 1. The van der Waals surface area contributed by atoms with Crippen molar-refractivity contribution in [3.63, 3.8) is 0 Å². The Bertz CT molecular complexity index is 797. The zero-order valence-electron chi connectivity index (χ0n) is 14.1. The van der Waals surface area contributed by atoms with Gasteiger partial charge in [-0.2, -0.15) is 0 Å². The molecule has 0 radical (unpaired) electrons. The van der Waals surface area contributed by atoms with Gasteiger partial charge >= 0.3 is 0 Å². The second kappa shape index (κ2) is 7.51. The molecular formula is C18H20Cl2N2O2. The second-order valence-corrected chi connectivity index (χ2v) is 6.72. The molecule has 0 bridgehead atoms. The first-order valence-electron chi connectivity index (χ1n) is 7.64. The summed E-state index contributed by atoms with van der Waals surface area (Å²) in [6.45, 7) is 7.14. The first kappa shape index (κ1) is 18.7. The minimum absolute atomic E-state index is 0.0467. The first-order chi connectivity index (χ1) is 11.2. The van der Waals surface area contributed by atoms with Crippen LogP contribution >= 0.6 is 23.2 Å². The predicted molar refractivity (Wildman–Crippen MR) is 97.5 cm³/mol. The lowest BCUT2D eigenvalue weighted by Gasteiger charge is -2.15. The summed E-state index contributed by atoms with van der Waals surface area (Å²) < 4.78 is 0. The van der Waals surface area contributed by atoms with E-state index in [0.29, 0.717) is 26.9 Å². The van der Waals surface area contributed by atoms with E-state index in [2.05, 4.69) is 10.3 Å². The number of ketones is 2. The fraction of sp³-hybridized carbons (Fsp3) is 0.333. The number of hydrogen-bond donors (Lipinski definition) is 2. The SMILES string of the molecule is CC(=O)c1c(C)[nH]c(C(=O)CN[C@H](C)c2ccc(Cl)cc2Cl)c1C. The van der Waals surface area contributed by atoms with Crippen LogP contribution in [0.3, 0.4) is 0 Å². The van der Waals surface area contributed by atoms with E-state index < -0.39 is 0 Å². The number of carbonyl (C=O) groups excluding carboxylic acids is 2. The summed E-state index contributed by atoms with van der Waals surface area (Å²) in [6.07, 6.45) is 0. The highest BCUT2D eigenvalue weighted by Crippen LogP contribution is 2.26. The van der Waals surface area contributed by atoms with Gasteiger partial charge in [0.05, 0.1) is 12.2 Å². The third kappa shape index (κ3) is 3.89. The molecule has 0 spiro atoms. The van der Waals surface area contributed by atoms with Gasteiger partial charge in [0.25, 0.3) is 0 Å². The van der Waals surface area contributed by atoms with Crippen molar-refractivity contribution in [2.75, 3.05) is 6.54 Å². The number of carbonyl (C=O) groups is 2. The molecule has 1 aromatic heterocycles. The highest BCUT2D eigenvalue weighted by molar-refractivity contribution is 6.35. The van der Waals surface area contributed by atoms with Gasteiger partial charge < -0.3 is 10.3 Å². The zero-order chi connectivity index (χ0) is 18.0. The molecular weight excluding hydrogens is 347 g/mol. The van der Waals surface area contributed by atoms with Crippen molar-refractivity contribution in [3.8, 4) is 0 Å². The molecule has 24 heavy (non-hydrogen) atoms. The van der Waals surface area contributed by atoms with E-state index in [9.17, 15) is 9.59 Å². The van der Waals surface area contributed by atoms with Gasteiger partial charge in [-0.3, -0.25) is 9.59 Å². The van der Waals surface area contributed by atoms with Crippen LogP contribution in [0.1, 0.15) is 57.6 Å². The maximum Gasteiger partial charge on any atom is 0.193 e. The molecule has 128 valence electrons. The van der Waals surface area contributed by atoms with Crippen LogP contribution in [0.5, 0.6) is 0 Å². The van der Waals surface area contributed by atoms with E-state index in [0.717, 1.165) is 11.3 Å². The molecule has 0 saturated carbocycles. The van der Waals surface area contributed by atoms with Gasteiger partial charge in [0.15, 0.2) is 11.6 Å². The molecule has 4 nitrogen and oxygen atoms in total. The largest absolute Gasteiger partial charge is 0.355 e. The number of H-pyrrole nitrogens is 1. The lowest BCUT2D eigenvalue weighted by Crippen LogP contribution is -2.26. The Labute approximate surface area is 151 Å². The monoisotopic (exact) mass is 366 g/mol. The van der Waals surface area contributed by atoms with E-state index in [1.165, 1.54) is 6.92 Å². The Kier molecular flexibility index (Phi) is 5.86. The molecule has 0 aliphatic carbocycles. The van der Waals surface area contributed by atoms with Gasteiger partial charge in [0.2, 0.25) is 0 Å². The van der Waals surface area contributed by atoms with Crippen molar-refractivity contribution in [1.82, 2.24) is 10.3 Å². The third-order valence-electron chi connectivity index (χ3n) is 4.07. The maximum atomic E-state index is 12.5. The number of rotatable bonds is 6. The molecule has 0 unspecified atom stereocenters. The number of aromatic nitrogens is 1. The molecule has 1 atom stereocenters. The Morgan fingerprint density at radius 3 is 2.46 bits per heavy atom. The van der Waals surface area contributed by atoms with Crippen molar-refractivity contribution < 1.29 is 9.59 Å². The number of nitrogens with one attached hydrogen (secondary N) is 2. The van der Waals surface area contributed by atoms with Crippen molar-refractivity contribution in [1.29, 1.82) is 0 Å². The van der Waals surface area contributed by atoms with Crippen LogP contribution in [0.25, 0.3) is 0 Å². The number of benzene rings is 1. The average Bonchev–Trinajstić information content (AvgIpc) is 2.79. The number of aryl methyl sites for hydroxylation is 1. The third-order valence-corrected chi connectivity index (χ3v) is 4.63. The molecule has 0 saturated heterocycles. The minimum Gasteiger partial charge on any atom is -0.355 e. The van der Waals surface area contributed by atoms with Crippen LogP contribution in [-0.2, 0) is 0 Å². The fourth-order valence-corrected chi connectivity index (χ4v) is 3.43. The average molecular weight is 367 g/mol. The first-order valence-corrected chi connectivity index (χ1v) is 8.39. The Balaban J connectivity index is 2.11. The van der Waals surface area contributed by atoms with Gasteiger partial charge in [-0.25, -0.2) is 0 Å². The quantitative estimate of drug-likeness (QED) is 0.729. The van der Waals surface area contributed by atoms with E-state index in [1.807, 2.05) is 13.0 Å². The fourth-order valence-electron chi connectivity index (χ4n) is 2.85. The van der Waals surface area contributed by atoms with E-state index >= 15 is 0 Å². The van der Waals surface area contributed by atoms with Gasteiger partial charge in [0, 0.05) is 27.3 Å². The van der Waals surface area contributed by atoms with Gasteiger partial charge in [-0.1, -0.05) is 29.3 Å². The molecule has 2 aromatic rings. The predicted octanol–water partition coefficient (Wildman–Crippen LogP) is 4.67. The Morgan fingerprint density at radius 1 is 1.25 bits per heavy atom. The second-order valence-electron chi connectivity index (χ2n) is 5.87. The summed E-state index contributed by atoms with van der Waals surface area (Å²) in [5.74, 6) is -0.144. The summed E-state index contributed by atoms with van der Waals surface area (Å²) in [4.78, 5) is 27.2. The van der Waals surface area contributed by atoms with Gasteiger partial charge in [-0.05, 0) is 51.0 Å². The van der Waals surface area contributed by atoms with Crippen LogP contribution in [0.15, 0.2) is 18.2 Å². The molecule has 0 amide bonds. The van der Waals surface area contributed by atoms with Crippen LogP contribution in [-0.4, -0.2) is 23.1 Å². The molecule has 2 rings (SSSR count). The topological polar surface area (TPSA) is 62.0 Å². The number of halogens is 2. The normalized spacial score (nSPS) is 12.2. The summed E-state index contributed by atoms with van der Waals surface area (Å²) >= 11 is 12.1. The van der Waals surface area contributed by atoms with E-state index in [1.54, 1.807) is 26.0 Å². The molecule has 2 N–H and O–H groups in total. The highest BCUT2D eigenvalue weighted by Gasteiger charge is 2.20. The van der Waals surface area contributed by atoms with Gasteiger partial charge in [0.1, 0.15) is 0 Å². The van der Waals surface area contributed by atoms with Crippen molar-refractivity contribution in [3.05, 3.63) is 56.3 Å². The summed E-state index contributed by atoms with van der Waals surface area (Å²) in [5, 5.41) is 4.29. The number of hydrogen-bond acceptors (Lipinski definition) is 3. The molecule has 1 heterocycles. The summed E-state index contributed by atoms with van der Waals surface area (Å²) in [7, 11) is 0. The highest BCUT2D eigenvalue weighted by atomic mass is 35.5. The smallest absolute Gasteiger partial charge is 0.193 e. The molecule has 6 heteroatoms. The number of Topliss-reactive ketones (excluding diaryl/α,β-unsaturated/α-hetero) is 2. The van der Waals surface area contributed by atoms with E-state index in [4.69, 9.17) is 23.2 Å². The minimum atomic E-state index is -0.109. The Morgan fingerprint density at radius 2 is 1.92 bits per heavy atom. The van der Waals surface area contributed by atoms with Gasteiger partial charge in [-0.15, -0.1) is 0 Å². The van der Waals surface area contributed by atoms with Crippen molar-refractivity contribution in [2.24, 2.45) is 0 Å². The molecule has 1 aromatic carbocycles. The standard InChI is InChI=1S/C18H20Cl2N2O2/c1-9-17(12(4)23)11(3)22-18(9)16(24)8-21-10(2)14-6-5-13(19)7-15(14)20/h5-7,10,21-22H,8H2,1-4H3/t10-/m1/s1. The molecule has 0 aliphatic heterocycles. The maximum absolute atomic E-state index is 12.5.